The predicted molar refractivity (Wildman–Crippen MR) is 86.4 cm³/mol. The van der Waals surface area contributed by atoms with Gasteiger partial charge in [0.2, 0.25) is 5.91 Å². The Hall–Kier alpha value is -2.15. The van der Waals surface area contributed by atoms with E-state index in [1.54, 1.807) is 0 Å². The highest BCUT2D eigenvalue weighted by molar-refractivity contribution is 7.80. The third-order valence-electron chi connectivity index (χ3n) is 2.90. The molecule has 1 fully saturated rings. The molecule has 1 heterocycles. The van der Waals surface area contributed by atoms with Crippen molar-refractivity contribution in [3.05, 3.63) is 30.1 Å². The standard InChI is InChI=1S/C15H16FN3O2S/c1-15(2,3)17-8-11-12(20)18-14(22)19(13(11)21)10-6-4-9(16)5-7-10/h4-8,11H,1-3H3,(H,18,20,22). The van der Waals surface area contributed by atoms with Crippen LogP contribution in [0.15, 0.2) is 29.3 Å². The van der Waals surface area contributed by atoms with Crippen molar-refractivity contribution in [1.82, 2.24) is 5.32 Å². The van der Waals surface area contributed by atoms with Gasteiger partial charge in [-0.25, -0.2) is 4.39 Å². The van der Waals surface area contributed by atoms with Gasteiger partial charge in [-0.2, -0.15) is 0 Å². The summed E-state index contributed by atoms with van der Waals surface area (Å²) in [5.74, 6) is -2.50. The molecule has 1 aliphatic rings. The first-order valence-corrected chi connectivity index (χ1v) is 7.09. The first kappa shape index (κ1) is 16.2. The zero-order valence-electron chi connectivity index (χ0n) is 12.5. The van der Waals surface area contributed by atoms with E-state index in [0.29, 0.717) is 5.69 Å². The highest BCUT2D eigenvalue weighted by Crippen LogP contribution is 2.21. The van der Waals surface area contributed by atoms with Crippen molar-refractivity contribution in [1.29, 1.82) is 0 Å². The van der Waals surface area contributed by atoms with E-state index in [2.05, 4.69) is 10.3 Å². The summed E-state index contributed by atoms with van der Waals surface area (Å²) in [6.45, 7) is 5.57. The van der Waals surface area contributed by atoms with Crippen molar-refractivity contribution in [2.75, 3.05) is 4.90 Å². The molecular weight excluding hydrogens is 305 g/mol. The van der Waals surface area contributed by atoms with Gasteiger partial charge in [-0.3, -0.25) is 19.5 Å². The average molecular weight is 321 g/mol. The van der Waals surface area contributed by atoms with Crippen LogP contribution in [0.3, 0.4) is 0 Å². The molecule has 1 aliphatic heterocycles. The summed E-state index contributed by atoms with van der Waals surface area (Å²) in [6, 6.07) is 5.30. The Labute approximate surface area is 133 Å². The van der Waals surface area contributed by atoms with Gasteiger partial charge >= 0.3 is 0 Å². The van der Waals surface area contributed by atoms with E-state index in [-0.39, 0.29) is 5.11 Å². The molecule has 0 saturated carbocycles. The van der Waals surface area contributed by atoms with Crippen molar-refractivity contribution in [2.24, 2.45) is 10.9 Å². The summed E-state index contributed by atoms with van der Waals surface area (Å²) < 4.78 is 13.0. The number of halogens is 1. The van der Waals surface area contributed by atoms with Gasteiger partial charge in [-0.05, 0) is 57.3 Å². The first-order chi connectivity index (χ1) is 10.2. The SMILES string of the molecule is CC(C)(C)N=CC1C(=O)NC(=S)N(c2ccc(F)cc2)C1=O. The summed E-state index contributed by atoms with van der Waals surface area (Å²) >= 11 is 5.04. The molecule has 1 unspecified atom stereocenters. The normalized spacial score (nSPS) is 19.7. The van der Waals surface area contributed by atoms with Crippen molar-refractivity contribution in [2.45, 2.75) is 26.3 Å². The Kier molecular flexibility index (Phi) is 4.37. The van der Waals surface area contributed by atoms with Crippen molar-refractivity contribution in [3.63, 3.8) is 0 Å². The molecule has 1 saturated heterocycles. The second kappa shape index (κ2) is 5.92. The second-order valence-electron chi connectivity index (χ2n) is 5.87. The van der Waals surface area contributed by atoms with Crippen LogP contribution in [-0.2, 0) is 9.59 Å². The number of anilines is 1. The van der Waals surface area contributed by atoms with Gasteiger partial charge in [-0.1, -0.05) is 0 Å². The van der Waals surface area contributed by atoms with E-state index in [0.717, 1.165) is 0 Å². The Balaban J connectivity index is 2.33. The lowest BCUT2D eigenvalue weighted by Crippen LogP contribution is -2.58. The average Bonchev–Trinajstić information content (AvgIpc) is 2.39. The Bertz CT molecular complexity index is 650. The van der Waals surface area contributed by atoms with E-state index < -0.39 is 29.1 Å². The monoisotopic (exact) mass is 321 g/mol. The molecule has 0 aromatic heterocycles. The molecule has 0 bridgehead atoms. The summed E-state index contributed by atoms with van der Waals surface area (Å²) in [5.41, 5.74) is -0.00951. The van der Waals surface area contributed by atoms with Gasteiger partial charge in [0.15, 0.2) is 11.0 Å². The first-order valence-electron chi connectivity index (χ1n) is 6.69. The van der Waals surface area contributed by atoms with Gasteiger partial charge < -0.3 is 5.32 Å². The molecule has 1 N–H and O–H groups in total. The van der Waals surface area contributed by atoms with Gasteiger partial charge in [0.1, 0.15) is 5.82 Å². The fourth-order valence-corrected chi connectivity index (χ4v) is 2.15. The van der Waals surface area contributed by atoms with E-state index in [1.165, 1.54) is 35.4 Å². The largest absolute Gasteiger partial charge is 0.301 e. The Morgan fingerprint density at radius 3 is 2.41 bits per heavy atom. The zero-order valence-corrected chi connectivity index (χ0v) is 13.3. The number of carbonyl (C=O) groups excluding carboxylic acids is 2. The highest BCUT2D eigenvalue weighted by atomic mass is 32.1. The maximum atomic E-state index is 13.0. The number of aliphatic imine (C=N–C) groups is 1. The molecule has 0 radical (unpaired) electrons. The summed E-state index contributed by atoms with van der Waals surface area (Å²) in [7, 11) is 0. The Morgan fingerprint density at radius 2 is 1.86 bits per heavy atom. The van der Waals surface area contributed by atoms with Crippen LogP contribution in [0.2, 0.25) is 0 Å². The molecule has 7 heteroatoms. The lowest BCUT2D eigenvalue weighted by atomic mass is 10.0. The topological polar surface area (TPSA) is 61.8 Å². The number of benzene rings is 1. The number of nitrogens with zero attached hydrogens (tertiary/aromatic N) is 2. The fraction of sp³-hybridized carbons (Fsp3) is 0.333. The molecular formula is C15H16FN3O2S. The van der Waals surface area contributed by atoms with E-state index >= 15 is 0 Å². The summed E-state index contributed by atoms with van der Waals surface area (Å²) in [6.07, 6.45) is 1.33. The minimum Gasteiger partial charge on any atom is -0.301 e. The third-order valence-corrected chi connectivity index (χ3v) is 3.18. The molecule has 0 aliphatic carbocycles. The lowest BCUT2D eigenvalue weighted by Gasteiger charge is -2.31. The van der Waals surface area contributed by atoms with E-state index in [4.69, 9.17) is 12.2 Å². The number of amides is 2. The molecule has 2 amide bonds. The van der Waals surface area contributed by atoms with Crippen molar-refractivity contribution >= 4 is 41.0 Å². The van der Waals surface area contributed by atoms with E-state index in [9.17, 15) is 14.0 Å². The molecule has 1 aromatic carbocycles. The molecule has 1 atom stereocenters. The molecule has 116 valence electrons. The molecule has 0 spiro atoms. The van der Waals surface area contributed by atoms with Gasteiger partial charge in [-0.15, -0.1) is 0 Å². The van der Waals surface area contributed by atoms with Crippen LogP contribution in [0.1, 0.15) is 20.8 Å². The molecule has 1 aromatic rings. The number of hydrogen-bond acceptors (Lipinski definition) is 4. The number of thiocarbonyl (C=S) groups is 1. The van der Waals surface area contributed by atoms with Crippen LogP contribution in [0.5, 0.6) is 0 Å². The van der Waals surface area contributed by atoms with Gasteiger partial charge in [0.25, 0.3) is 5.91 Å². The smallest absolute Gasteiger partial charge is 0.251 e. The van der Waals surface area contributed by atoms with Crippen LogP contribution in [-0.4, -0.2) is 28.7 Å². The van der Waals surface area contributed by atoms with Crippen molar-refractivity contribution < 1.29 is 14.0 Å². The zero-order chi connectivity index (χ0) is 16.5. The highest BCUT2D eigenvalue weighted by Gasteiger charge is 2.38. The third kappa shape index (κ3) is 3.54. The minimum absolute atomic E-state index is 0.0259. The van der Waals surface area contributed by atoms with Crippen LogP contribution >= 0.6 is 12.2 Å². The van der Waals surface area contributed by atoms with Crippen LogP contribution in [0.25, 0.3) is 0 Å². The Morgan fingerprint density at radius 1 is 1.27 bits per heavy atom. The number of rotatable bonds is 2. The summed E-state index contributed by atoms with van der Waals surface area (Å²) in [5, 5.41) is 2.45. The quantitative estimate of drug-likeness (QED) is 0.515. The fourth-order valence-electron chi connectivity index (χ4n) is 1.85. The van der Waals surface area contributed by atoms with Crippen LogP contribution < -0.4 is 10.2 Å². The number of carbonyl (C=O) groups is 2. The molecule has 22 heavy (non-hydrogen) atoms. The maximum Gasteiger partial charge on any atom is 0.251 e. The van der Waals surface area contributed by atoms with Crippen LogP contribution in [0, 0.1) is 11.7 Å². The maximum absolute atomic E-state index is 13.0. The predicted octanol–water partition coefficient (Wildman–Crippen LogP) is 2.06. The number of nitrogens with one attached hydrogen (secondary N) is 1. The molecule has 2 rings (SSSR count). The van der Waals surface area contributed by atoms with Gasteiger partial charge in [0.05, 0.1) is 11.2 Å². The minimum atomic E-state index is -1.06. The lowest BCUT2D eigenvalue weighted by molar-refractivity contribution is -0.130. The summed E-state index contributed by atoms with van der Waals surface area (Å²) in [4.78, 5) is 29.9. The van der Waals surface area contributed by atoms with Crippen LogP contribution in [0.4, 0.5) is 10.1 Å². The number of hydrogen-bond donors (Lipinski definition) is 1. The second-order valence-corrected chi connectivity index (χ2v) is 6.26. The van der Waals surface area contributed by atoms with Gasteiger partial charge in [0, 0.05) is 6.21 Å². The van der Waals surface area contributed by atoms with E-state index in [1.807, 2.05) is 20.8 Å². The van der Waals surface area contributed by atoms with Crippen molar-refractivity contribution in [3.8, 4) is 0 Å². The molecule has 5 nitrogen and oxygen atoms in total.